The number of benzene rings is 2. The molecule has 20 heavy (non-hydrogen) atoms. The Labute approximate surface area is 115 Å². The highest BCUT2D eigenvalue weighted by atomic mass is 19.1. The van der Waals surface area contributed by atoms with E-state index in [1.54, 1.807) is 7.05 Å². The first-order chi connectivity index (χ1) is 9.69. The van der Waals surface area contributed by atoms with Gasteiger partial charge in [-0.15, -0.1) is 0 Å². The van der Waals surface area contributed by atoms with Gasteiger partial charge in [-0.25, -0.2) is 8.78 Å². The Bertz CT molecular complexity index is 718. The Kier molecular flexibility index (Phi) is 3.24. The number of hydrogen-bond acceptors (Lipinski definition) is 2. The molecular weight excluding hydrogens is 260 g/mol. The van der Waals surface area contributed by atoms with Crippen molar-refractivity contribution in [3.8, 4) is 0 Å². The topological polar surface area (TPSA) is 25.2 Å². The predicted octanol–water partition coefficient (Wildman–Crippen LogP) is 4.02. The van der Waals surface area contributed by atoms with Crippen LogP contribution in [0.4, 0.5) is 8.78 Å². The summed E-state index contributed by atoms with van der Waals surface area (Å²) in [5.41, 5.74) is 1.10. The fourth-order valence-corrected chi connectivity index (χ4v) is 2.33. The fourth-order valence-electron chi connectivity index (χ4n) is 2.33. The average Bonchev–Trinajstić information content (AvgIpc) is 2.85. The lowest BCUT2D eigenvalue weighted by Gasteiger charge is -2.14. The molecule has 102 valence electrons. The molecule has 0 aliphatic carbocycles. The second-order valence-electron chi connectivity index (χ2n) is 4.57. The molecule has 3 rings (SSSR count). The van der Waals surface area contributed by atoms with E-state index in [1.807, 2.05) is 30.3 Å². The Morgan fingerprint density at radius 1 is 1.05 bits per heavy atom. The van der Waals surface area contributed by atoms with Gasteiger partial charge in [0.2, 0.25) is 0 Å². The zero-order valence-electron chi connectivity index (χ0n) is 10.9. The summed E-state index contributed by atoms with van der Waals surface area (Å²) in [5.74, 6) is -0.588. The third-order valence-corrected chi connectivity index (χ3v) is 3.29. The van der Waals surface area contributed by atoms with Crippen LogP contribution >= 0.6 is 0 Å². The number of nitrogens with one attached hydrogen (secondary N) is 1. The number of halogens is 2. The van der Waals surface area contributed by atoms with Gasteiger partial charge in [0.15, 0.2) is 0 Å². The third kappa shape index (κ3) is 2.18. The minimum absolute atomic E-state index is 0.355. The third-order valence-electron chi connectivity index (χ3n) is 3.29. The maximum Gasteiger partial charge on any atom is 0.134 e. The highest BCUT2D eigenvalue weighted by Gasteiger charge is 2.20. The first-order valence-corrected chi connectivity index (χ1v) is 6.29. The van der Waals surface area contributed by atoms with Gasteiger partial charge in [-0.05, 0) is 25.2 Å². The molecule has 0 saturated heterocycles. The average molecular weight is 273 g/mol. The van der Waals surface area contributed by atoms with Crippen molar-refractivity contribution in [2.75, 3.05) is 7.05 Å². The van der Waals surface area contributed by atoms with Gasteiger partial charge in [-0.2, -0.15) is 0 Å². The van der Waals surface area contributed by atoms with E-state index in [0.717, 1.165) is 17.0 Å². The lowest BCUT2D eigenvalue weighted by Crippen LogP contribution is -2.18. The largest absolute Gasteiger partial charge is 0.459 e. The molecule has 0 fully saturated rings. The van der Waals surface area contributed by atoms with E-state index in [1.165, 1.54) is 12.1 Å². The lowest BCUT2D eigenvalue weighted by atomic mass is 10.0. The van der Waals surface area contributed by atoms with Crippen molar-refractivity contribution in [2.45, 2.75) is 6.04 Å². The maximum absolute atomic E-state index is 13.9. The van der Waals surface area contributed by atoms with E-state index in [9.17, 15) is 8.78 Å². The molecule has 0 aliphatic heterocycles. The van der Waals surface area contributed by atoms with E-state index in [4.69, 9.17) is 4.42 Å². The number of para-hydroxylation sites is 1. The van der Waals surface area contributed by atoms with Crippen LogP contribution < -0.4 is 5.32 Å². The standard InChI is InChI=1S/C16H13F2NO/c1-19-16(12-7-6-11(17)9-13(12)18)15-8-10-4-2-3-5-14(10)20-15/h2-9,16,19H,1H3. The van der Waals surface area contributed by atoms with Crippen molar-refractivity contribution in [1.82, 2.24) is 5.32 Å². The molecule has 0 spiro atoms. The van der Waals surface area contributed by atoms with Crippen LogP contribution in [0, 0.1) is 11.6 Å². The predicted molar refractivity (Wildman–Crippen MR) is 73.5 cm³/mol. The summed E-state index contributed by atoms with van der Waals surface area (Å²) in [6.07, 6.45) is 0. The van der Waals surface area contributed by atoms with E-state index in [-0.39, 0.29) is 0 Å². The van der Waals surface area contributed by atoms with Gasteiger partial charge in [0.05, 0.1) is 6.04 Å². The first kappa shape index (κ1) is 12.8. The fraction of sp³-hybridized carbons (Fsp3) is 0.125. The summed E-state index contributed by atoms with van der Waals surface area (Å²) in [5, 5.41) is 3.95. The van der Waals surface area contributed by atoms with E-state index >= 15 is 0 Å². The van der Waals surface area contributed by atoms with Crippen LogP contribution in [0.5, 0.6) is 0 Å². The summed E-state index contributed by atoms with van der Waals surface area (Å²) < 4.78 is 32.6. The monoisotopic (exact) mass is 273 g/mol. The normalized spacial score (nSPS) is 12.8. The summed E-state index contributed by atoms with van der Waals surface area (Å²) >= 11 is 0. The molecule has 2 nitrogen and oxygen atoms in total. The van der Waals surface area contributed by atoms with Crippen molar-refractivity contribution >= 4 is 11.0 Å². The van der Waals surface area contributed by atoms with Crippen LogP contribution in [-0.4, -0.2) is 7.05 Å². The Balaban J connectivity index is 2.08. The maximum atomic E-state index is 13.9. The molecule has 2 aromatic carbocycles. The van der Waals surface area contributed by atoms with Gasteiger partial charge in [-0.3, -0.25) is 0 Å². The molecular formula is C16H13F2NO. The summed E-state index contributed by atoms with van der Waals surface area (Å²) in [6, 6.07) is 12.5. The number of furan rings is 1. The number of rotatable bonds is 3. The van der Waals surface area contributed by atoms with E-state index < -0.39 is 17.7 Å². The van der Waals surface area contributed by atoms with Crippen LogP contribution in [-0.2, 0) is 0 Å². The van der Waals surface area contributed by atoms with Crippen molar-refractivity contribution < 1.29 is 13.2 Å². The Hall–Kier alpha value is -2.20. The van der Waals surface area contributed by atoms with Crippen LogP contribution in [0.3, 0.4) is 0 Å². The number of hydrogen-bond donors (Lipinski definition) is 1. The smallest absolute Gasteiger partial charge is 0.134 e. The zero-order valence-corrected chi connectivity index (χ0v) is 10.9. The second kappa shape index (κ2) is 5.06. The van der Waals surface area contributed by atoms with Gasteiger partial charge >= 0.3 is 0 Å². The molecule has 0 radical (unpaired) electrons. The molecule has 0 saturated carbocycles. The summed E-state index contributed by atoms with van der Waals surface area (Å²) in [4.78, 5) is 0. The molecule has 3 aromatic rings. The zero-order chi connectivity index (χ0) is 14.1. The van der Waals surface area contributed by atoms with Gasteiger partial charge < -0.3 is 9.73 Å². The molecule has 0 aliphatic rings. The van der Waals surface area contributed by atoms with Crippen LogP contribution in [0.15, 0.2) is 52.9 Å². The molecule has 1 atom stereocenters. The molecule has 0 amide bonds. The highest BCUT2D eigenvalue weighted by Crippen LogP contribution is 2.29. The summed E-state index contributed by atoms with van der Waals surface area (Å²) in [7, 11) is 1.71. The SMILES string of the molecule is CNC(c1cc2ccccc2o1)c1ccc(F)cc1F. The van der Waals surface area contributed by atoms with E-state index in [0.29, 0.717) is 11.3 Å². The van der Waals surface area contributed by atoms with Crippen molar-refractivity contribution in [1.29, 1.82) is 0 Å². The minimum Gasteiger partial charge on any atom is -0.459 e. The second-order valence-corrected chi connectivity index (χ2v) is 4.57. The van der Waals surface area contributed by atoms with Crippen LogP contribution in [0.2, 0.25) is 0 Å². The first-order valence-electron chi connectivity index (χ1n) is 6.29. The van der Waals surface area contributed by atoms with Crippen LogP contribution in [0.25, 0.3) is 11.0 Å². The molecule has 1 aromatic heterocycles. The molecule has 1 unspecified atom stereocenters. The van der Waals surface area contributed by atoms with Gasteiger partial charge in [-0.1, -0.05) is 24.3 Å². The van der Waals surface area contributed by atoms with Gasteiger partial charge in [0.1, 0.15) is 23.0 Å². The van der Waals surface area contributed by atoms with Gasteiger partial charge in [0.25, 0.3) is 0 Å². The van der Waals surface area contributed by atoms with Crippen molar-refractivity contribution in [2.24, 2.45) is 0 Å². The molecule has 1 N–H and O–H groups in total. The molecule has 0 bridgehead atoms. The van der Waals surface area contributed by atoms with Crippen molar-refractivity contribution in [3.05, 3.63) is 71.5 Å². The molecule has 1 heterocycles. The quantitative estimate of drug-likeness (QED) is 0.779. The minimum atomic E-state index is -0.593. The Morgan fingerprint density at radius 3 is 2.55 bits per heavy atom. The molecule has 4 heteroatoms. The Morgan fingerprint density at radius 2 is 1.85 bits per heavy atom. The van der Waals surface area contributed by atoms with Crippen molar-refractivity contribution in [3.63, 3.8) is 0 Å². The highest BCUT2D eigenvalue weighted by molar-refractivity contribution is 5.77. The van der Waals surface area contributed by atoms with E-state index in [2.05, 4.69) is 5.32 Å². The number of fused-ring (bicyclic) bond motifs is 1. The van der Waals surface area contributed by atoms with Gasteiger partial charge in [0, 0.05) is 17.0 Å². The summed E-state index contributed by atoms with van der Waals surface area (Å²) in [6.45, 7) is 0. The van der Waals surface area contributed by atoms with Crippen LogP contribution in [0.1, 0.15) is 17.4 Å². The lowest BCUT2D eigenvalue weighted by molar-refractivity contribution is 0.473.